The highest BCUT2D eigenvalue weighted by Gasteiger charge is 2.29. The molecule has 1 atom stereocenters. The number of amides is 2. The minimum absolute atomic E-state index is 0.0135. The number of nitrogens with zero attached hydrogens (tertiary/aromatic N) is 1. The zero-order chi connectivity index (χ0) is 21.6. The van der Waals surface area contributed by atoms with Gasteiger partial charge in [0.15, 0.2) is 0 Å². The van der Waals surface area contributed by atoms with Crippen molar-refractivity contribution in [3.63, 3.8) is 0 Å². The zero-order valence-electron chi connectivity index (χ0n) is 17.2. The maximum absolute atomic E-state index is 13.2. The summed E-state index contributed by atoms with van der Waals surface area (Å²) in [5.74, 6) is 0.460. The summed E-state index contributed by atoms with van der Waals surface area (Å²) in [6.45, 7) is 1.89. The standard InChI is InChI=1S/C25H25ClN2O3/c26-20-10-12-21(13-11-20)31-16-14-27-24(29)19-7-4-15-28(17-19)25(30)23-9-3-6-18-5-1-2-8-22(18)23/h1-3,5-6,8-13,19H,4,7,14-17H2,(H,27,29). The van der Waals surface area contributed by atoms with E-state index in [1.165, 1.54) is 0 Å². The van der Waals surface area contributed by atoms with Crippen molar-refractivity contribution in [2.75, 3.05) is 26.2 Å². The number of hydrogen-bond donors (Lipinski definition) is 1. The van der Waals surface area contributed by atoms with Crippen molar-refractivity contribution in [1.82, 2.24) is 10.2 Å². The fourth-order valence-electron chi connectivity index (χ4n) is 3.98. The van der Waals surface area contributed by atoms with Gasteiger partial charge >= 0.3 is 0 Å². The number of fused-ring (bicyclic) bond motifs is 1. The third kappa shape index (κ3) is 5.17. The Morgan fingerprint density at radius 1 is 1.03 bits per heavy atom. The molecule has 0 saturated carbocycles. The lowest BCUT2D eigenvalue weighted by atomic mass is 9.95. The van der Waals surface area contributed by atoms with Crippen LogP contribution >= 0.6 is 11.6 Å². The Kier molecular flexibility index (Phi) is 6.73. The third-order valence-electron chi connectivity index (χ3n) is 5.58. The number of ether oxygens (including phenoxy) is 1. The lowest BCUT2D eigenvalue weighted by Crippen LogP contribution is -2.46. The van der Waals surface area contributed by atoms with Crippen LogP contribution in [0.15, 0.2) is 66.7 Å². The number of rotatable bonds is 6. The highest BCUT2D eigenvalue weighted by Crippen LogP contribution is 2.23. The molecular weight excluding hydrogens is 412 g/mol. The molecule has 3 aromatic carbocycles. The summed E-state index contributed by atoms with van der Waals surface area (Å²) in [5, 5.41) is 5.58. The van der Waals surface area contributed by atoms with Crippen LogP contribution in [0.25, 0.3) is 10.8 Å². The van der Waals surface area contributed by atoms with Gasteiger partial charge in [-0.25, -0.2) is 0 Å². The summed E-state index contributed by atoms with van der Waals surface area (Å²) in [7, 11) is 0. The average Bonchev–Trinajstić information content (AvgIpc) is 2.82. The molecule has 0 bridgehead atoms. The number of carbonyl (C=O) groups is 2. The first-order valence-electron chi connectivity index (χ1n) is 10.5. The lowest BCUT2D eigenvalue weighted by molar-refractivity contribution is -0.126. The number of carbonyl (C=O) groups excluding carboxylic acids is 2. The van der Waals surface area contributed by atoms with Crippen molar-refractivity contribution in [2.24, 2.45) is 5.92 Å². The molecule has 1 fully saturated rings. The van der Waals surface area contributed by atoms with Crippen LogP contribution in [0.1, 0.15) is 23.2 Å². The van der Waals surface area contributed by atoms with Crippen molar-refractivity contribution in [3.8, 4) is 5.75 Å². The number of hydrogen-bond acceptors (Lipinski definition) is 3. The second-order valence-electron chi connectivity index (χ2n) is 7.71. The Morgan fingerprint density at radius 2 is 1.81 bits per heavy atom. The molecule has 1 heterocycles. The maximum atomic E-state index is 13.2. The quantitative estimate of drug-likeness (QED) is 0.577. The van der Waals surface area contributed by atoms with Crippen LogP contribution in [-0.2, 0) is 4.79 Å². The average molecular weight is 437 g/mol. The fraction of sp³-hybridized carbons (Fsp3) is 0.280. The van der Waals surface area contributed by atoms with Gasteiger partial charge in [-0.15, -0.1) is 0 Å². The summed E-state index contributed by atoms with van der Waals surface area (Å²) in [5.41, 5.74) is 0.690. The van der Waals surface area contributed by atoms with E-state index in [2.05, 4.69) is 5.32 Å². The number of nitrogens with one attached hydrogen (secondary N) is 1. The first kappa shape index (κ1) is 21.2. The Balaban J connectivity index is 1.31. The molecule has 1 aliphatic rings. The minimum atomic E-state index is -0.205. The van der Waals surface area contributed by atoms with E-state index in [0.717, 1.165) is 23.6 Å². The highest BCUT2D eigenvalue weighted by atomic mass is 35.5. The van der Waals surface area contributed by atoms with Gasteiger partial charge in [0.1, 0.15) is 12.4 Å². The van der Waals surface area contributed by atoms with Gasteiger partial charge in [-0.3, -0.25) is 9.59 Å². The summed E-state index contributed by atoms with van der Waals surface area (Å²) >= 11 is 5.86. The molecule has 2 amide bonds. The van der Waals surface area contributed by atoms with Crippen LogP contribution in [-0.4, -0.2) is 43.0 Å². The fourth-order valence-corrected chi connectivity index (χ4v) is 4.10. The molecule has 3 aromatic rings. The van der Waals surface area contributed by atoms with Gasteiger partial charge in [0.2, 0.25) is 5.91 Å². The highest BCUT2D eigenvalue weighted by molar-refractivity contribution is 6.30. The molecule has 0 radical (unpaired) electrons. The van der Waals surface area contributed by atoms with Crippen molar-refractivity contribution < 1.29 is 14.3 Å². The Hall–Kier alpha value is -3.05. The SMILES string of the molecule is O=C(NCCOc1ccc(Cl)cc1)C1CCCN(C(=O)c2cccc3ccccc23)C1. The molecule has 1 unspecified atom stereocenters. The zero-order valence-corrected chi connectivity index (χ0v) is 18.0. The van der Waals surface area contributed by atoms with Crippen molar-refractivity contribution in [1.29, 1.82) is 0 Å². The minimum Gasteiger partial charge on any atom is -0.492 e. The molecule has 31 heavy (non-hydrogen) atoms. The van der Waals surface area contributed by atoms with E-state index in [-0.39, 0.29) is 17.7 Å². The van der Waals surface area contributed by atoms with Gasteiger partial charge in [0.05, 0.1) is 12.5 Å². The second kappa shape index (κ2) is 9.84. The molecule has 0 aromatic heterocycles. The molecule has 0 aliphatic carbocycles. The van der Waals surface area contributed by atoms with E-state index in [4.69, 9.17) is 16.3 Å². The number of piperidine rings is 1. The van der Waals surface area contributed by atoms with E-state index < -0.39 is 0 Å². The lowest BCUT2D eigenvalue weighted by Gasteiger charge is -2.32. The number of benzene rings is 3. The van der Waals surface area contributed by atoms with E-state index in [1.54, 1.807) is 29.2 Å². The van der Waals surface area contributed by atoms with Crippen LogP contribution in [0.2, 0.25) is 5.02 Å². The molecule has 6 heteroatoms. The third-order valence-corrected chi connectivity index (χ3v) is 5.84. The van der Waals surface area contributed by atoms with E-state index >= 15 is 0 Å². The molecule has 4 rings (SSSR count). The van der Waals surface area contributed by atoms with Gasteiger partial charge in [-0.05, 0) is 53.9 Å². The Labute approximate surface area is 186 Å². The molecule has 1 saturated heterocycles. The smallest absolute Gasteiger partial charge is 0.254 e. The largest absolute Gasteiger partial charge is 0.492 e. The van der Waals surface area contributed by atoms with Gasteiger partial charge in [-0.2, -0.15) is 0 Å². The van der Waals surface area contributed by atoms with Crippen LogP contribution in [0.4, 0.5) is 0 Å². The topological polar surface area (TPSA) is 58.6 Å². The van der Waals surface area contributed by atoms with Crippen molar-refractivity contribution >= 4 is 34.2 Å². The molecule has 160 valence electrons. The number of halogens is 1. The van der Waals surface area contributed by atoms with Crippen LogP contribution in [0.5, 0.6) is 5.75 Å². The molecule has 1 N–H and O–H groups in total. The molecule has 1 aliphatic heterocycles. The Bertz CT molecular complexity index is 1060. The predicted molar refractivity (Wildman–Crippen MR) is 123 cm³/mol. The van der Waals surface area contributed by atoms with Gasteiger partial charge in [0.25, 0.3) is 5.91 Å². The molecule has 5 nitrogen and oxygen atoms in total. The Morgan fingerprint density at radius 3 is 2.65 bits per heavy atom. The van der Waals surface area contributed by atoms with Crippen molar-refractivity contribution in [2.45, 2.75) is 12.8 Å². The molecular formula is C25H25ClN2O3. The van der Waals surface area contributed by atoms with Crippen LogP contribution in [0.3, 0.4) is 0 Å². The summed E-state index contributed by atoms with van der Waals surface area (Å²) < 4.78 is 5.62. The van der Waals surface area contributed by atoms with Crippen molar-refractivity contribution in [3.05, 3.63) is 77.3 Å². The van der Waals surface area contributed by atoms with E-state index in [9.17, 15) is 9.59 Å². The van der Waals surface area contributed by atoms with E-state index in [1.807, 2.05) is 42.5 Å². The first-order valence-corrected chi connectivity index (χ1v) is 10.9. The van der Waals surface area contributed by atoms with E-state index in [0.29, 0.717) is 42.6 Å². The summed E-state index contributed by atoms with van der Waals surface area (Å²) in [6, 6.07) is 20.8. The number of likely N-dealkylation sites (tertiary alicyclic amines) is 1. The normalized spacial score (nSPS) is 16.2. The predicted octanol–water partition coefficient (Wildman–Crippen LogP) is 4.54. The van der Waals surface area contributed by atoms with Gasteiger partial charge < -0.3 is 15.0 Å². The van der Waals surface area contributed by atoms with Gasteiger partial charge in [0, 0.05) is 23.7 Å². The monoisotopic (exact) mass is 436 g/mol. The summed E-state index contributed by atoms with van der Waals surface area (Å²) in [6.07, 6.45) is 1.60. The summed E-state index contributed by atoms with van der Waals surface area (Å²) in [4.78, 5) is 27.6. The molecule has 0 spiro atoms. The first-order chi connectivity index (χ1) is 15.1. The van der Waals surface area contributed by atoms with Gasteiger partial charge in [-0.1, -0.05) is 48.0 Å². The second-order valence-corrected chi connectivity index (χ2v) is 8.15. The van der Waals surface area contributed by atoms with Crippen LogP contribution < -0.4 is 10.1 Å². The van der Waals surface area contributed by atoms with Crippen LogP contribution in [0, 0.1) is 5.92 Å². The maximum Gasteiger partial charge on any atom is 0.254 e.